The van der Waals surface area contributed by atoms with Crippen molar-refractivity contribution < 1.29 is 27.5 Å². The summed E-state index contributed by atoms with van der Waals surface area (Å²) in [5.41, 5.74) is -0.951. The summed E-state index contributed by atoms with van der Waals surface area (Å²) in [6.07, 6.45) is -5.01. The van der Waals surface area contributed by atoms with Crippen LogP contribution >= 0.6 is 22.9 Å². The molecule has 0 saturated carbocycles. The van der Waals surface area contributed by atoms with Crippen molar-refractivity contribution >= 4 is 40.6 Å². The van der Waals surface area contributed by atoms with Crippen molar-refractivity contribution in [1.29, 1.82) is 0 Å². The second-order valence-electron chi connectivity index (χ2n) is 9.73. The fourth-order valence-electron chi connectivity index (χ4n) is 4.16. The molecular weight excluding hydrogens is 527 g/mol. The molecule has 11 heteroatoms. The topological polar surface area (TPSA) is 53.1 Å². The number of rotatable bonds is 6. The van der Waals surface area contributed by atoms with E-state index in [2.05, 4.69) is 6.58 Å². The quantitative estimate of drug-likeness (QED) is 0.383. The number of hydrogen-bond acceptors (Lipinski definition) is 5. The van der Waals surface area contributed by atoms with Crippen molar-refractivity contribution in [2.75, 3.05) is 37.0 Å². The zero-order chi connectivity index (χ0) is 27.5. The van der Waals surface area contributed by atoms with Crippen LogP contribution in [0.25, 0.3) is 0 Å². The van der Waals surface area contributed by atoms with Crippen LogP contribution in [0.15, 0.2) is 48.0 Å². The van der Waals surface area contributed by atoms with Crippen molar-refractivity contribution in [3.05, 3.63) is 64.0 Å². The van der Waals surface area contributed by atoms with Gasteiger partial charge >= 0.3 is 12.3 Å². The summed E-state index contributed by atoms with van der Waals surface area (Å²) >= 11 is 7.46. The Kier molecular flexibility index (Phi) is 8.85. The number of halogens is 4. The molecule has 1 fully saturated rings. The van der Waals surface area contributed by atoms with Crippen LogP contribution < -0.4 is 4.90 Å². The molecule has 1 aliphatic heterocycles. The summed E-state index contributed by atoms with van der Waals surface area (Å²) in [5.74, 6) is -0.397. The van der Waals surface area contributed by atoms with Crippen LogP contribution in [0, 0.1) is 6.92 Å². The van der Waals surface area contributed by atoms with Gasteiger partial charge in [-0.05, 0) is 56.8 Å². The molecule has 1 aromatic heterocycles. The molecule has 0 bridgehead atoms. The number of piperazine rings is 1. The molecule has 2 aromatic rings. The lowest BCUT2D eigenvalue weighted by Crippen LogP contribution is -2.54. The number of alkyl halides is 4. The van der Waals surface area contributed by atoms with Crippen molar-refractivity contribution in [2.24, 2.45) is 0 Å². The number of hydrogen-bond donors (Lipinski definition) is 0. The second kappa shape index (κ2) is 11.3. The first kappa shape index (κ1) is 28.8. The third-order valence-corrected chi connectivity index (χ3v) is 7.15. The number of carbonyl (C=O) groups is 2. The number of nitrogens with zero attached hydrogens (tertiary/aromatic N) is 3. The highest BCUT2D eigenvalue weighted by Crippen LogP contribution is 2.41. The van der Waals surface area contributed by atoms with Crippen LogP contribution in [0.3, 0.4) is 0 Å². The average Bonchev–Trinajstić information content (AvgIpc) is 3.35. The molecule has 0 spiro atoms. The third kappa shape index (κ3) is 6.78. The van der Waals surface area contributed by atoms with E-state index in [0.29, 0.717) is 10.6 Å². The van der Waals surface area contributed by atoms with Gasteiger partial charge in [0.05, 0.1) is 11.4 Å². The lowest BCUT2D eigenvalue weighted by molar-refractivity contribution is -0.138. The predicted octanol–water partition coefficient (Wildman–Crippen LogP) is 6.45. The number of amides is 2. The second-order valence-corrected chi connectivity index (χ2v) is 11.0. The van der Waals surface area contributed by atoms with Crippen LogP contribution in [0.4, 0.5) is 23.7 Å². The highest BCUT2D eigenvalue weighted by atomic mass is 35.5. The molecular formula is C26H31ClF3N3O3S. The van der Waals surface area contributed by atoms with Gasteiger partial charge in [-0.1, -0.05) is 18.7 Å². The summed E-state index contributed by atoms with van der Waals surface area (Å²) in [7, 11) is 0. The molecule has 3 rings (SSSR count). The smallest absolute Gasteiger partial charge is 0.416 e. The lowest BCUT2D eigenvalue weighted by atomic mass is 10.0. The van der Waals surface area contributed by atoms with Gasteiger partial charge in [0, 0.05) is 42.4 Å². The van der Waals surface area contributed by atoms with E-state index in [4.69, 9.17) is 16.3 Å². The van der Waals surface area contributed by atoms with E-state index in [9.17, 15) is 22.8 Å². The maximum absolute atomic E-state index is 14.0. The zero-order valence-electron chi connectivity index (χ0n) is 21.3. The molecule has 1 atom stereocenters. The first-order valence-electron chi connectivity index (χ1n) is 11.7. The Morgan fingerprint density at radius 1 is 1.11 bits per heavy atom. The fraction of sp³-hybridized carbons (Fsp3) is 0.462. The first-order valence-corrected chi connectivity index (χ1v) is 13.2. The highest BCUT2D eigenvalue weighted by molar-refractivity contribution is 7.10. The Balaban J connectivity index is 1.96. The zero-order valence-corrected chi connectivity index (χ0v) is 22.8. The van der Waals surface area contributed by atoms with Crippen molar-refractivity contribution in [1.82, 2.24) is 9.80 Å². The van der Waals surface area contributed by atoms with Gasteiger partial charge in [0.2, 0.25) is 0 Å². The lowest BCUT2D eigenvalue weighted by Gasteiger charge is -2.40. The van der Waals surface area contributed by atoms with E-state index in [0.717, 1.165) is 6.07 Å². The minimum absolute atomic E-state index is 0.0228. The van der Waals surface area contributed by atoms with E-state index in [-0.39, 0.29) is 49.2 Å². The summed E-state index contributed by atoms with van der Waals surface area (Å²) in [6.45, 7) is 11.8. The Morgan fingerprint density at radius 2 is 1.73 bits per heavy atom. The number of anilines is 1. The number of carbonyl (C=O) groups excluding carboxylic acids is 2. The van der Waals surface area contributed by atoms with Crippen molar-refractivity contribution in [3.8, 4) is 0 Å². The van der Waals surface area contributed by atoms with E-state index in [1.165, 1.54) is 35.3 Å². The molecule has 37 heavy (non-hydrogen) atoms. The molecule has 6 nitrogen and oxygen atoms in total. The predicted molar refractivity (Wildman–Crippen MR) is 140 cm³/mol. The first-order chi connectivity index (χ1) is 17.2. The van der Waals surface area contributed by atoms with Gasteiger partial charge in [-0.25, -0.2) is 4.79 Å². The third-order valence-electron chi connectivity index (χ3n) is 5.91. The van der Waals surface area contributed by atoms with Crippen LogP contribution in [0.2, 0.25) is 0 Å². The van der Waals surface area contributed by atoms with Gasteiger partial charge in [-0.3, -0.25) is 4.79 Å². The standard InChI is InChI=1S/C26H31ClF3N3O3S/c1-17(16-27)33(20-9-6-8-19(18(20)2)26(28,29)30)22(21-10-7-15-37-21)23(34)31-11-13-32(14-12-31)24(35)36-25(3,4)5/h6-10,15,22H,1,11-14,16H2,2-5H3. The fourth-order valence-corrected chi connectivity index (χ4v) is 5.10. The molecule has 1 aromatic carbocycles. The van der Waals surface area contributed by atoms with E-state index in [1.807, 2.05) is 0 Å². The molecule has 1 aliphatic rings. The molecule has 1 saturated heterocycles. The largest absolute Gasteiger partial charge is 0.444 e. The minimum Gasteiger partial charge on any atom is -0.444 e. The SMILES string of the molecule is C=C(CCl)N(c1cccc(C(F)(F)F)c1C)C(C(=O)N1CCN(C(=O)OC(C)(C)C)CC1)c1cccs1. The molecule has 0 N–H and O–H groups in total. The minimum atomic E-state index is -4.56. The summed E-state index contributed by atoms with van der Waals surface area (Å²) < 4.78 is 46.6. The Morgan fingerprint density at radius 3 is 2.24 bits per heavy atom. The normalized spacial score (nSPS) is 15.4. The van der Waals surface area contributed by atoms with Crippen LogP contribution in [-0.2, 0) is 15.7 Å². The summed E-state index contributed by atoms with van der Waals surface area (Å²) in [5, 5.41) is 1.80. The molecule has 0 aliphatic carbocycles. The van der Waals surface area contributed by atoms with Crippen LogP contribution in [-0.4, -0.2) is 59.5 Å². The van der Waals surface area contributed by atoms with Crippen molar-refractivity contribution in [3.63, 3.8) is 0 Å². The van der Waals surface area contributed by atoms with Crippen molar-refractivity contribution in [2.45, 2.75) is 45.5 Å². The van der Waals surface area contributed by atoms with Gasteiger partial charge in [0.25, 0.3) is 5.91 Å². The summed E-state index contributed by atoms with van der Waals surface area (Å²) in [4.78, 5) is 31.7. The molecule has 1 unspecified atom stereocenters. The number of ether oxygens (including phenoxy) is 1. The van der Waals surface area contributed by atoms with Gasteiger partial charge in [0.15, 0.2) is 0 Å². The average molecular weight is 558 g/mol. The van der Waals surface area contributed by atoms with Crippen LogP contribution in [0.1, 0.15) is 42.8 Å². The molecule has 0 radical (unpaired) electrons. The monoisotopic (exact) mass is 557 g/mol. The van der Waals surface area contributed by atoms with Gasteiger partial charge < -0.3 is 19.4 Å². The van der Waals surface area contributed by atoms with Crippen LogP contribution in [0.5, 0.6) is 0 Å². The number of thiophene rings is 1. The Labute approximate surface area is 224 Å². The molecule has 2 amide bonds. The number of benzene rings is 1. The van der Waals surface area contributed by atoms with E-state index in [1.54, 1.807) is 48.1 Å². The Bertz CT molecular complexity index is 1120. The van der Waals surface area contributed by atoms with Gasteiger partial charge in [0.1, 0.15) is 11.6 Å². The molecule has 2 heterocycles. The Hall–Kier alpha value is -2.72. The van der Waals surface area contributed by atoms with Gasteiger partial charge in [-0.15, -0.1) is 22.9 Å². The van der Waals surface area contributed by atoms with Gasteiger partial charge in [-0.2, -0.15) is 13.2 Å². The maximum atomic E-state index is 14.0. The van der Waals surface area contributed by atoms with E-state index >= 15 is 0 Å². The summed E-state index contributed by atoms with van der Waals surface area (Å²) in [6, 6.07) is 6.44. The molecule has 202 valence electrons. The highest BCUT2D eigenvalue weighted by Gasteiger charge is 2.39. The maximum Gasteiger partial charge on any atom is 0.416 e. The number of allylic oxidation sites excluding steroid dienone is 1. The van der Waals surface area contributed by atoms with E-state index < -0.39 is 29.5 Å².